The lowest BCUT2D eigenvalue weighted by Crippen LogP contribution is -2.30. The van der Waals surface area contributed by atoms with E-state index in [4.69, 9.17) is 9.47 Å². The van der Waals surface area contributed by atoms with Crippen molar-refractivity contribution >= 4 is 38.8 Å². The van der Waals surface area contributed by atoms with Crippen molar-refractivity contribution in [2.75, 3.05) is 6.79 Å². The van der Waals surface area contributed by atoms with E-state index in [2.05, 4.69) is 18.2 Å². The summed E-state index contributed by atoms with van der Waals surface area (Å²) in [5.41, 5.74) is 1.38. The van der Waals surface area contributed by atoms with Gasteiger partial charge in [0, 0.05) is 10.9 Å². The molecule has 3 aromatic rings. The fourth-order valence-electron chi connectivity index (χ4n) is 4.52. The van der Waals surface area contributed by atoms with Crippen LogP contribution in [0.15, 0.2) is 66.8 Å². The fourth-order valence-corrected chi connectivity index (χ4v) is 4.52. The quantitative estimate of drug-likeness (QED) is 0.642. The molecule has 3 aliphatic rings. The van der Waals surface area contributed by atoms with Crippen LogP contribution < -0.4 is 4.74 Å². The topological polar surface area (TPSA) is 55.8 Å². The first-order valence-electron chi connectivity index (χ1n) is 8.80. The molecule has 27 heavy (non-hydrogen) atoms. The molecule has 0 saturated carbocycles. The zero-order valence-corrected chi connectivity index (χ0v) is 14.2. The second-order valence-corrected chi connectivity index (χ2v) is 7.04. The molecule has 1 unspecified atom stereocenters. The van der Waals surface area contributed by atoms with Gasteiger partial charge < -0.3 is 14.6 Å². The zero-order valence-electron chi connectivity index (χ0n) is 14.2. The summed E-state index contributed by atoms with van der Waals surface area (Å²) >= 11 is 0. The first-order valence-corrected chi connectivity index (χ1v) is 8.80. The standard InChI is InChI=1S/C23H14O4/c24-22(25)23-9-3-6-17(23)16-8-7-15-14-5-2-1-4-13(14)10-18-20(15)21(16)19(11-23)27-12-26-18/h1-11H,12H2,(H,24,25). The highest BCUT2D eigenvalue weighted by Gasteiger charge is 2.46. The van der Waals surface area contributed by atoms with Crippen LogP contribution in [0.1, 0.15) is 11.1 Å². The Kier molecular flexibility index (Phi) is 2.60. The number of ether oxygens (including phenoxy) is 2. The molecule has 0 amide bonds. The van der Waals surface area contributed by atoms with Crippen molar-refractivity contribution in [1.29, 1.82) is 0 Å². The van der Waals surface area contributed by atoms with Gasteiger partial charge in [0.1, 0.15) is 16.9 Å². The Bertz CT molecular complexity index is 1280. The van der Waals surface area contributed by atoms with Crippen LogP contribution in [0.5, 0.6) is 5.75 Å². The Morgan fingerprint density at radius 2 is 1.96 bits per heavy atom. The van der Waals surface area contributed by atoms with Crippen molar-refractivity contribution in [2.45, 2.75) is 0 Å². The Hall–Kier alpha value is -3.53. The molecule has 0 spiro atoms. The monoisotopic (exact) mass is 354 g/mol. The van der Waals surface area contributed by atoms with Crippen LogP contribution in [0.3, 0.4) is 0 Å². The average molecular weight is 354 g/mol. The lowest BCUT2D eigenvalue weighted by atomic mass is 9.72. The number of hydrogen-bond acceptors (Lipinski definition) is 3. The Morgan fingerprint density at radius 3 is 2.85 bits per heavy atom. The summed E-state index contributed by atoms with van der Waals surface area (Å²) in [6, 6.07) is 14.3. The number of hydrogen-bond donors (Lipinski definition) is 1. The molecule has 0 saturated heterocycles. The summed E-state index contributed by atoms with van der Waals surface area (Å²) in [5, 5.41) is 14.2. The minimum Gasteiger partial charge on any atom is -0.480 e. The third-order valence-corrected chi connectivity index (χ3v) is 5.74. The largest absolute Gasteiger partial charge is 0.480 e. The summed E-state index contributed by atoms with van der Waals surface area (Å²) in [6.07, 6.45) is 7.10. The SMILES string of the molecule is O=C(O)C12C=CC=C1c1ccc3c4c(cc5ccccc53)OCOC(=C2)c14. The van der Waals surface area contributed by atoms with Crippen molar-refractivity contribution in [3.63, 3.8) is 0 Å². The fraction of sp³-hybridized carbons (Fsp3) is 0.0870. The number of allylic oxidation sites excluding steroid dienone is 2. The van der Waals surface area contributed by atoms with Gasteiger partial charge in [0.15, 0.2) is 0 Å². The molecule has 3 aromatic carbocycles. The first kappa shape index (κ1) is 14.6. The van der Waals surface area contributed by atoms with Crippen LogP contribution >= 0.6 is 0 Å². The maximum Gasteiger partial charge on any atom is 0.322 e. The van der Waals surface area contributed by atoms with Gasteiger partial charge in [-0.3, -0.25) is 4.79 Å². The second kappa shape index (κ2) is 4.80. The molecule has 1 N–H and O–H groups in total. The minimum atomic E-state index is -1.18. The van der Waals surface area contributed by atoms with Crippen molar-refractivity contribution < 1.29 is 19.4 Å². The van der Waals surface area contributed by atoms with E-state index in [0.717, 1.165) is 44.0 Å². The number of benzene rings is 3. The minimum absolute atomic E-state index is 0.0475. The molecule has 0 aromatic heterocycles. The number of rotatable bonds is 1. The van der Waals surface area contributed by atoms with Crippen LogP contribution in [0.25, 0.3) is 32.9 Å². The summed E-state index contributed by atoms with van der Waals surface area (Å²) in [5.74, 6) is 0.419. The van der Waals surface area contributed by atoms with Crippen molar-refractivity contribution in [3.05, 3.63) is 77.9 Å². The summed E-state index contributed by atoms with van der Waals surface area (Å²) < 4.78 is 11.8. The van der Waals surface area contributed by atoms with E-state index in [1.54, 1.807) is 18.2 Å². The lowest BCUT2D eigenvalue weighted by Gasteiger charge is -2.31. The molecule has 4 nitrogen and oxygen atoms in total. The smallest absolute Gasteiger partial charge is 0.322 e. The van der Waals surface area contributed by atoms with Gasteiger partial charge in [0.25, 0.3) is 0 Å². The van der Waals surface area contributed by atoms with Gasteiger partial charge in [-0.15, -0.1) is 0 Å². The van der Waals surface area contributed by atoms with E-state index in [1.807, 2.05) is 30.3 Å². The third kappa shape index (κ3) is 1.70. The molecule has 1 atom stereocenters. The van der Waals surface area contributed by atoms with E-state index >= 15 is 0 Å². The Balaban J connectivity index is 1.80. The maximum atomic E-state index is 12.1. The van der Waals surface area contributed by atoms with Gasteiger partial charge in [0.2, 0.25) is 6.79 Å². The molecule has 0 bridgehead atoms. The molecule has 0 fully saturated rings. The molecule has 130 valence electrons. The lowest BCUT2D eigenvalue weighted by molar-refractivity contribution is -0.141. The molecule has 1 aliphatic heterocycles. The molecule has 2 aliphatic carbocycles. The molecule has 0 radical (unpaired) electrons. The number of carboxylic acids is 1. The number of carboxylic acid groups (broad SMARTS) is 1. The van der Waals surface area contributed by atoms with Crippen molar-refractivity contribution in [1.82, 2.24) is 0 Å². The number of carbonyl (C=O) groups is 1. The van der Waals surface area contributed by atoms with Crippen LogP contribution in [0.4, 0.5) is 0 Å². The second-order valence-electron chi connectivity index (χ2n) is 7.04. The van der Waals surface area contributed by atoms with E-state index < -0.39 is 11.4 Å². The van der Waals surface area contributed by atoms with Crippen LogP contribution in [-0.2, 0) is 9.53 Å². The number of fused-ring (bicyclic) bond motifs is 4. The van der Waals surface area contributed by atoms with E-state index in [9.17, 15) is 9.90 Å². The van der Waals surface area contributed by atoms with Gasteiger partial charge in [-0.1, -0.05) is 54.6 Å². The van der Waals surface area contributed by atoms with Gasteiger partial charge in [-0.05, 0) is 39.4 Å². The normalized spacial score (nSPS) is 21.8. The average Bonchev–Trinajstić information content (AvgIpc) is 3.04. The zero-order chi connectivity index (χ0) is 18.2. The highest BCUT2D eigenvalue weighted by molar-refractivity contribution is 6.17. The highest BCUT2D eigenvalue weighted by Crippen LogP contribution is 2.53. The Labute approximate surface area is 154 Å². The summed E-state index contributed by atoms with van der Waals surface area (Å²) in [7, 11) is 0. The molecule has 6 rings (SSSR count). The van der Waals surface area contributed by atoms with Gasteiger partial charge in [-0.2, -0.15) is 0 Å². The van der Waals surface area contributed by atoms with Crippen molar-refractivity contribution in [3.8, 4) is 5.75 Å². The first-order chi connectivity index (χ1) is 13.2. The van der Waals surface area contributed by atoms with Gasteiger partial charge >= 0.3 is 5.97 Å². The predicted molar refractivity (Wildman–Crippen MR) is 103 cm³/mol. The van der Waals surface area contributed by atoms with Crippen LogP contribution in [-0.4, -0.2) is 17.9 Å². The van der Waals surface area contributed by atoms with Crippen LogP contribution in [0.2, 0.25) is 0 Å². The molecule has 4 heteroatoms. The van der Waals surface area contributed by atoms with E-state index in [1.165, 1.54) is 0 Å². The third-order valence-electron chi connectivity index (χ3n) is 5.74. The van der Waals surface area contributed by atoms with E-state index in [0.29, 0.717) is 5.76 Å². The molecular formula is C23H14O4. The number of aliphatic carboxylic acids is 1. The van der Waals surface area contributed by atoms with Crippen LogP contribution in [0, 0.1) is 5.41 Å². The maximum absolute atomic E-state index is 12.1. The molecular weight excluding hydrogens is 340 g/mol. The highest BCUT2D eigenvalue weighted by atomic mass is 16.7. The summed E-state index contributed by atoms with van der Waals surface area (Å²) in [4.78, 5) is 12.1. The predicted octanol–water partition coefficient (Wildman–Crippen LogP) is 4.74. The van der Waals surface area contributed by atoms with Crippen molar-refractivity contribution in [2.24, 2.45) is 5.41 Å². The molecule has 1 heterocycles. The van der Waals surface area contributed by atoms with Gasteiger partial charge in [0.05, 0.1) is 0 Å². The Morgan fingerprint density at radius 1 is 1.07 bits per heavy atom. The summed E-state index contributed by atoms with van der Waals surface area (Å²) in [6.45, 7) is 0.0475. The van der Waals surface area contributed by atoms with Gasteiger partial charge in [-0.25, -0.2) is 0 Å². The van der Waals surface area contributed by atoms with E-state index in [-0.39, 0.29) is 6.79 Å².